The van der Waals surface area contributed by atoms with Crippen LogP contribution >= 0.6 is 0 Å². The molecule has 0 spiro atoms. The number of carbonyl (C=O) groups excluding carboxylic acids is 1. The number of hydrogen-bond donors (Lipinski definition) is 2. The minimum atomic E-state index is -0.889. The van der Waals surface area contributed by atoms with Crippen molar-refractivity contribution in [1.82, 2.24) is 4.98 Å². The molecule has 0 fully saturated rings. The number of nitrogens with zero attached hydrogens (tertiary/aromatic N) is 1. The van der Waals surface area contributed by atoms with Gasteiger partial charge in [-0.15, -0.1) is 0 Å². The average molecular weight is 286 g/mol. The number of aryl methyl sites for hydroxylation is 1. The molecule has 5 heteroatoms. The minimum Gasteiger partial charge on any atom is -0.481 e. The van der Waals surface area contributed by atoms with E-state index in [1.54, 1.807) is 13.1 Å². The summed E-state index contributed by atoms with van der Waals surface area (Å²) < 4.78 is 0. The van der Waals surface area contributed by atoms with Crippen molar-refractivity contribution in [2.75, 3.05) is 5.32 Å². The van der Waals surface area contributed by atoms with Crippen LogP contribution in [0.5, 0.6) is 0 Å². The molecule has 0 saturated heterocycles. The number of fused-ring (bicyclic) bond motifs is 1. The number of aromatic nitrogens is 1. The molecule has 110 valence electrons. The number of carboxylic acid groups (broad SMARTS) is 1. The van der Waals surface area contributed by atoms with E-state index in [1.807, 2.05) is 31.2 Å². The van der Waals surface area contributed by atoms with Crippen molar-refractivity contribution in [3.8, 4) is 0 Å². The number of carboxylic acids is 1. The highest BCUT2D eigenvalue weighted by molar-refractivity contribution is 6.01. The fourth-order valence-electron chi connectivity index (χ4n) is 2.31. The maximum absolute atomic E-state index is 12.0. The molecule has 2 N–H and O–H groups in total. The molecule has 1 amide bonds. The smallest absolute Gasteiger partial charge is 0.303 e. The third-order valence-corrected chi connectivity index (χ3v) is 3.30. The van der Waals surface area contributed by atoms with E-state index < -0.39 is 5.97 Å². The summed E-state index contributed by atoms with van der Waals surface area (Å²) >= 11 is 0. The van der Waals surface area contributed by atoms with Crippen molar-refractivity contribution < 1.29 is 14.7 Å². The second-order valence-corrected chi connectivity index (χ2v) is 5.28. The minimum absolute atomic E-state index is 0.0103. The first kappa shape index (κ1) is 15.0. The monoisotopic (exact) mass is 286 g/mol. The van der Waals surface area contributed by atoms with Crippen molar-refractivity contribution in [1.29, 1.82) is 0 Å². The molecule has 1 heterocycles. The van der Waals surface area contributed by atoms with Gasteiger partial charge in [-0.3, -0.25) is 14.6 Å². The lowest BCUT2D eigenvalue weighted by molar-refractivity contribution is -0.138. The first-order chi connectivity index (χ1) is 9.97. The largest absolute Gasteiger partial charge is 0.481 e. The van der Waals surface area contributed by atoms with Gasteiger partial charge in [-0.2, -0.15) is 0 Å². The van der Waals surface area contributed by atoms with E-state index in [0.29, 0.717) is 5.69 Å². The molecule has 1 aromatic heterocycles. The van der Waals surface area contributed by atoms with Gasteiger partial charge in [0.1, 0.15) is 0 Å². The number of anilines is 1. The lowest BCUT2D eigenvalue weighted by Crippen LogP contribution is -2.17. The van der Waals surface area contributed by atoms with E-state index >= 15 is 0 Å². The summed E-state index contributed by atoms with van der Waals surface area (Å²) in [5, 5.41) is 12.4. The molecule has 0 aliphatic carbocycles. The Morgan fingerprint density at radius 3 is 2.76 bits per heavy atom. The number of benzene rings is 1. The third kappa shape index (κ3) is 3.78. The molecule has 0 aliphatic rings. The fourth-order valence-corrected chi connectivity index (χ4v) is 2.31. The van der Waals surface area contributed by atoms with Gasteiger partial charge >= 0.3 is 5.97 Å². The van der Waals surface area contributed by atoms with Crippen molar-refractivity contribution in [2.24, 2.45) is 5.92 Å². The van der Waals surface area contributed by atoms with Crippen molar-refractivity contribution >= 4 is 28.5 Å². The van der Waals surface area contributed by atoms with E-state index in [9.17, 15) is 9.59 Å². The molecule has 1 aromatic carbocycles. The standard InChI is InChI=1S/C16H18N2O3/c1-10(9-15(20)21)8-14(19)18-13-6-5-11(2)16-12(13)4-3-7-17-16/h3-7,10H,8-9H2,1-2H3,(H,18,19)(H,20,21). The summed E-state index contributed by atoms with van der Waals surface area (Å²) in [5.74, 6) is -1.27. The van der Waals surface area contributed by atoms with Gasteiger partial charge in [-0.1, -0.05) is 13.0 Å². The molecule has 0 radical (unpaired) electrons. The Balaban J connectivity index is 2.15. The van der Waals surface area contributed by atoms with E-state index in [2.05, 4.69) is 10.3 Å². The zero-order valence-corrected chi connectivity index (χ0v) is 12.1. The number of amides is 1. The normalized spacial score (nSPS) is 12.1. The lowest BCUT2D eigenvalue weighted by Gasteiger charge is -2.12. The number of hydrogen-bond acceptors (Lipinski definition) is 3. The Morgan fingerprint density at radius 1 is 1.29 bits per heavy atom. The summed E-state index contributed by atoms with van der Waals surface area (Å²) in [6.07, 6.45) is 1.89. The SMILES string of the molecule is Cc1ccc(NC(=O)CC(C)CC(=O)O)c2cccnc12. The second kappa shape index (κ2) is 6.35. The highest BCUT2D eigenvalue weighted by Gasteiger charge is 2.14. The molecule has 1 atom stereocenters. The van der Waals surface area contributed by atoms with Gasteiger partial charge in [0.15, 0.2) is 0 Å². The van der Waals surface area contributed by atoms with Crippen LogP contribution in [0.15, 0.2) is 30.5 Å². The summed E-state index contributed by atoms with van der Waals surface area (Å²) in [6.45, 7) is 3.72. The van der Waals surface area contributed by atoms with E-state index in [1.165, 1.54) is 0 Å². The van der Waals surface area contributed by atoms with E-state index in [4.69, 9.17) is 5.11 Å². The van der Waals surface area contributed by atoms with Gasteiger partial charge in [0.05, 0.1) is 11.2 Å². The molecule has 0 saturated carbocycles. The molecule has 1 unspecified atom stereocenters. The van der Waals surface area contributed by atoms with Crippen LogP contribution in [0.25, 0.3) is 10.9 Å². The number of rotatable bonds is 5. The predicted molar refractivity (Wildman–Crippen MR) is 81.1 cm³/mol. The number of pyridine rings is 1. The fraction of sp³-hybridized carbons (Fsp3) is 0.312. The highest BCUT2D eigenvalue weighted by atomic mass is 16.4. The lowest BCUT2D eigenvalue weighted by atomic mass is 10.0. The third-order valence-electron chi connectivity index (χ3n) is 3.30. The number of aliphatic carboxylic acids is 1. The van der Waals surface area contributed by atoms with Crippen LogP contribution in [0.1, 0.15) is 25.3 Å². The maximum Gasteiger partial charge on any atom is 0.303 e. The number of nitrogens with one attached hydrogen (secondary N) is 1. The predicted octanol–water partition coefficient (Wildman–Crippen LogP) is 2.98. The summed E-state index contributed by atoms with van der Waals surface area (Å²) in [5.41, 5.74) is 2.60. The molecule has 0 bridgehead atoms. The van der Waals surface area contributed by atoms with Crippen LogP contribution in [0, 0.1) is 12.8 Å². The topological polar surface area (TPSA) is 79.3 Å². The van der Waals surface area contributed by atoms with Crippen LogP contribution in [-0.2, 0) is 9.59 Å². The highest BCUT2D eigenvalue weighted by Crippen LogP contribution is 2.25. The molecule has 2 rings (SSSR count). The Labute approximate surface area is 123 Å². The van der Waals surface area contributed by atoms with Crippen LogP contribution in [0.2, 0.25) is 0 Å². The van der Waals surface area contributed by atoms with Crippen LogP contribution in [0.4, 0.5) is 5.69 Å². The van der Waals surface area contributed by atoms with Crippen LogP contribution in [-0.4, -0.2) is 22.0 Å². The summed E-state index contributed by atoms with van der Waals surface area (Å²) in [7, 11) is 0. The summed E-state index contributed by atoms with van der Waals surface area (Å²) in [4.78, 5) is 27.0. The molecule has 21 heavy (non-hydrogen) atoms. The van der Waals surface area contributed by atoms with Gasteiger partial charge in [0, 0.05) is 24.4 Å². The quantitative estimate of drug-likeness (QED) is 0.885. The van der Waals surface area contributed by atoms with Crippen LogP contribution in [0.3, 0.4) is 0 Å². The zero-order chi connectivity index (χ0) is 15.4. The van der Waals surface area contributed by atoms with Gasteiger partial charge in [0.25, 0.3) is 0 Å². The van der Waals surface area contributed by atoms with Gasteiger partial charge in [0.2, 0.25) is 5.91 Å². The molecular weight excluding hydrogens is 268 g/mol. The first-order valence-corrected chi connectivity index (χ1v) is 6.83. The van der Waals surface area contributed by atoms with Gasteiger partial charge in [-0.25, -0.2) is 0 Å². The van der Waals surface area contributed by atoms with Gasteiger partial charge in [-0.05, 0) is 36.6 Å². The van der Waals surface area contributed by atoms with Crippen molar-refractivity contribution in [3.63, 3.8) is 0 Å². The Hall–Kier alpha value is -2.43. The Morgan fingerprint density at radius 2 is 2.05 bits per heavy atom. The van der Waals surface area contributed by atoms with E-state index in [-0.39, 0.29) is 24.7 Å². The first-order valence-electron chi connectivity index (χ1n) is 6.83. The molecule has 5 nitrogen and oxygen atoms in total. The maximum atomic E-state index is 12.0. The van der Waals surface area contributed by atoms with Gasteiger partial charge < -0.3 is 10.4 Å². The Kier molecular flexibility index (Phi) is 4.52. The molecule has 2 aromatic rings. The summed E-state index contributed by atoms with van der Waals surface area (Å²) in [6, 6.07) is 7.49. The van der Waals surface area contributed by atoms with E-state index in [0.717, 1.165) is 16.5 Å². The second-order valence-electron chi connectivity index (χ2n) is 5.28. The van der Waals surface area contributed by atoms with Crippen molar-refractivity contribution in [3.05, 3.63) is 36.0 Å². The van der Waals surface area contributed by atoms with Crippen molar-refractivity contribution in [2.45, 2.75) is 26.7 Å². The number of carbonyl (C=O) groups is 2. The average Bonchev–Trinajstić information content (AvgIpc) is 2.41. The molecule has 0 aliphatic heterocycles. The zero-order valence-electron chi connectivity index (χ0n) is 12.1. The Bertz CT molecular complexity index is 682. The van der Waals surface area contributed by atoms with Crippen LogP contribution < -0.4 is 5.32 Å². The molecular formula is C16H18N2O3.